The highest BCUT2D eigenvalue weighted by Gasteiger charge is 2.42. The second kappa shape index (κ2) is 11.9. The van der Waals surface area contributed by atoms with Crippen molar-refractivity contribution in [3.63, 3.8) is 0 Å². The van der Waals surface area contributed by atoms with Gasteiger partial charge < -0.3 is 19.7 Å². The highest BCUT2D eigenvalue weighted by molar-refractivity contribution is 9.09. The fourth-order valence-electron chi connectivity index (χ4n) is 3.98. The maximum atomic E-state index is 13.2. The lowest BCUT2D eigenvalue weighted by atomic mass is 10.0. The number of amides is 2. The Morgan fingerprint density at radius 1 is 0.973 bits per heavy atom. The number of nitrogens with one attached hydrogen (secondary N) is 1. The molecule has 1 saturated heterocycles. The van der Waals surface area contributed by atoms with Crippen LogP contribution in [0.1, 0.15) is 31.1 Å². The van der Waals surface area contributed by atoms with E-state index in [1.807, 2.05) is 84.9 Å². The first-order valence-electron chi connectivity index (χ1n) is 11.8. The zero-order valence-corrected chi connectivity index (χ0v) is 22.1. The molecule has 0 saturated carbocycles. The maximum Gasteiger partial charge on any atom is 0.355 e. The monoisotopic (exact) mass is 562 g/mol. The highest BCUT2D eigenvalue weighted by Crippen LogP contribution is 2.33. The topological polar surface area (TPSA) is 84.9 Å². The van der Waals surface area contributed by atoms with Gasteiger partial charge in [-0.2, -0.15) is 0 Å². The number of hydrogen-bond donors (Lipinski definition) is 1. The van der Waals surface area contributed by atoms with Crippen molar-refractivity contribution >= 4 is 33.7 Å². The predicted octanol–water partition coefficient (Wildman–Crippen LogP) is 5.13. The SMILES string of the molecule is CC(=O)NC1CN(C(C(=O)OC(c2ccccc2)c2ccccc2)=C(C)CBr)C1=O.c1cc2cc(c1)O2. The van der Waals surface area contributed by atoms with E-state index in [4.69, 9.17) is 9.47 Å². The minimum atomic E-state index is -0.618. The van der Waals surface area contributed by atoms with Crippen molar-refractivity contribution in [2.24, 2.45) is 0 Å². The second-order valence-electron chi connectivity index (χ2n) is 8.65. The van der Waals surface area contributed by atoms with Crippen LogP contribution in [0.15, 0.2) is 96.2 Å². The fourth-order valence-corrected chi connectivity index (χ4v) is 4.25. The van der Waals surface area contributed by atoms with E-state index in [9.17, 15) is 14.4 Å². The third-order valence-corrected chi connectivity index (χ3v) is 6.69. The van der Waals surface area contributed by atoms with Crippen LogP contribution in [0.2, 0.25) is 0 Å². The molecule has 1 unspecified atom stereocenters. The van der Waals surface area contributed by atoms with Gasteiger partial charge in [0.2, 0.25) is 5.91 Å². The molecule has 3 aromatic carbocycles. The van der Waals surface area contributed by atoms with E-state index in [-0.39, 0.29) is 24.1 Å². The molecule has 3 aromatic rings. The molecule has 6 rings (SSSR count). The van der Waals surface area contributed by atoms with Crippen molar-refractivity contribution < 1.29 is 23.9 Å². The summed E-state index contributed by atoms with van der Waals surface area (Å²) in [7, 11) is 0. The Morgan fingerprint density at radius 2 is 1.51 bits per heavy atom. The summed E-state index contributed by atoms with van der Waals surface area (Å²) in [6.07, 6.45) is -0.611. The zero-order valence-electron chi connectivity index (χ0n) is 20.5. The molecular formula is C29H27BrN2O5. The van der Waals surface area contributed by atoms with Crippen LogP contribution < -0.4 is 10.1 Å². The third kappa shape index (κ3) is 6.27. The Bertz CT molecular complexity index is 1250. The third-order valence-electron chi connectivity index (χ3n) is 5.85. The highest BCUT2D eigenvalue weighted by atomic mass is 79.9. The smallest absolute Gasteiger partial charge is 0.355 e. The molecule has 8 heteroatoms. The Labute approximate surface area is 224 Å². The number of esters is 1. The molecule has 0 radical (unpaired) electrons. The number of β-lactam (4-membered cyclic amide) rings is 1. The van der Waals surface area contributed by atoms with E-state index in [0.29, 0.717) is 10.9 Å². The molecule has 3 aliphatic rings. The molecule has 7 nitrogen and oxygen atoms in total. The average molecular weight is 563 g/mol. The first-order valence-corrected chi connectivity index (χ1v) is 12.9. The lowest BCUT2D eigenvalue weighted by Gasteiger charge is -2.39. The van der Waals surface area contributed by atoms with E-state index in [1.165, 1.54) is 11.8 Å². The normalized spacial score (nSPS) is 15.7. The van der Waals surface area contributed by atoms with Crippen LogP contribution in [-0.4, -0.2) is 40.6 Å². The van der Waals surface area contributed by atoms with Crippen molar-refractivity contribution in [1.82, 2.24) is 10.2 Å². The lowest BCUT2D eigenvalue weighted by Crippen LogP contribution is -2.63. The van der Waals surface area contributed by atoms with E-state index in [1.54, 1.807) is 6.92 Å². The van der Waals surface area contributed by atoms with Crippen LogP contribution in [0.4, 0.5) is 0 Å². The number of carbonyl (C=O) groups excluding carboxylic acids is 3. The quantitative estimate of drug-likeness (QED) is 0.146. The van der Waals surface area contributed by atoms with Gasteiger partial charge in [0.15, 0.2) is 6.10 Å². The number of alkyl halides is 1. The van der Waals surface area contributed by atoms with Crippen LogP contribution in [0.25, 0.3) is 0 Å². The van der Waals surface area contributed by atoms with Gasteiger partial charge in [0, 0.05) is 18.3 Å². The fraction of sp³-hybridized carbons (Fsp3) is 0.207. The summed E-state index contributed by atoms with van der Waals surface area (Å²) in [6, 6.07) is 26.2. The largest absolute Gasteiger partial charge is 0.457 e. The van der Waals surface area contributed by atoms with Crippen LogP contribution in [0.3, 0.4) is 0 Å². The van der Waals surface area contributed by atoms with E-state index < -0.39 is 18.1 Å². The second-order valence-corrected chi connectivity index (χ2v) is 9.21. The summed E-state index contributed by atoms with van der Waals surface area (Å²) in [4.78, 5) is 38.4. The van der Waals surface area contributed by atoms with Crippen molar-refractivity contribution in [3.05, 3.63) is 107 Å². The summed E-state index contributed by atoms with van der Waals surface area (Å²) < 4.78 is 10.9. The molecule has 3 aliphatic heterocycles. The molecule has 1 N–H and O–H groups in total. The minimum Gasteiger partial charge on any atom is -0.457 e. The molecule has 190 valence electrons. The van der Waals surface area contributed by atoms with Crippen molar-refractivity contribution in [2.75, 3.05) is 11.9 Å². The number of allylic oxidation sites excluding steroid dienone is 1. The Kier molecular flexibility index (Phi) is 8.40. The van der Waals surface area contributed by atoms with Gasteiger partial charge in [0.25, 0.3) is 5.91 Å². The number of likely N-dealkylation sites (tertiary alicyclic amines) is 1. The first kappa shape index (κ1) is 26.2. The molecule has 1 atom stereocenters. The molecular weight excluding hydrogens is 536 g/mol. The van der Waals surface area contributed by atoms with Gasteiger partial charge in [-0.3, -0.25) is 9.59 Å². The van der Waals surface area contributed by atoms with Gasteiger partial charge in [-0.1, -0.05) is 82.7 Å². The lowest BCUT2D eigenvalue weighted by molar-refractivity contribution is -0.153. The van der Waals surface area contributed by atoms with E-state index in [0.717, 1.165) is 22.6 Å². The Morgan fingerprint density at radius 3 is 1.89 bits per heavy atom. The summed E-state index contributed by atoms with van der Waals surface area (Å²) >= 11 is 3.36. The van der Waals surface area contributed by atoms with Crippen molar-refractivity contribution in [3.8, 4) is 11.5 Å². The summed E-state index contributed by atoms with van der Waals surface area (Å²) in [5, 5.41) is 3.00. The summed E-state index contributed by atoms with van der Waals surface area (Å²) in [6.45, 7) is 3.36. The average Bonchev–Trinajstić information content (AvgIpc) is 2.91. The Balaban J connectivity index is 0.000000387. The minimum absolute atomic E-state index is 0.204. The van der Waals surface area contributed by atoms with Gasteiger partial charge >= 0.3 is 5.97 Å². The number of halogens is 1. The summed E-state index contributed by atoms with van der Waals surface area (Å²) in [5.41, 5.74) is 2.54. The van der Waals surface area contributed by atoms with Crippen LogP contribution in [0.5, 0.6) is 11.5 Å². The van der Waals surface area contributed by atoms with Gasteiger partial charge in [-0.05, 0) is 35.8 Å². The van der Waals surface area contributed by atoms with Gasteiger partial charge in [0.05, 0.1) is 6.54 Å². The van der Waals surface area contributed by atoms with Crippen LogP contribution in [0, 0.1) is 0 Å². The van der Waals surface area contributed by atoms with E-state index in [2.05, 4.69) is 21.2 Å². The Hall–Kier alpha value is -3.91. The number of ether oxygens (including phenoxy) is 2. The standard InChI is InChI=1S/C23H23BrN2O4.C6H4O/c1-15(13-24)20(26-14-19(22(26)28)25-16(2)27)23(29)30-21(17-9-5-3-6-10-17)18-11-7-4-8-12-18;1-2-5-4-6(3-1)7-5/h3-12,19,21H,13-14H2,1-2H3,(H,25,27);1-4H. The summed E-state index contributed by atoms with van der Waals surface area (Å²) in [5.74, 6) is 0.772. The molecule has 2 amide bonds. The predicted molar refractivity (Wildman–Crippen MR) is 143 cm³/mol. The van der Waals surface area contributed by atoms with Crippen molar-refractivity contribution in [2.45, 2.75) is 26.0 Å². The zero-order chi connectivity index (χ0) is 26.4. The molecule has 3 heterocycles. The number of benzene rings is 3. The molecule has 2 bridgehead atoms. The molecule has 37 heavy (non-hydrogen) atoms. The number of hydrogen-bond acceptors (Lipinski definition) is 5. The van der Waals surface area contributed by atoms with Crippen LogP contribution >= 0.6 is 15.9 Å². The van der Waals surface area contributed by atoms with E-state index >= 15 is 0 Å². The van der Waals surface area contributed by atoms with Gasteiger partial charge in [-0.15, -0.1) is 0 Å². The van der Waals surface area contributed by atoms with Crippen molar-refractivity contribution in [1.29, 1.82) is 0 Å². The molecule has 1 fully saturated rings. The molecule has 0 aromatic heterocycles. The maximum absolute atomic E-state index is 13.2. The number of fused-ring (bicyclic) bond motifs is 2. The number of nitrogens with zero attached hydrogens (tertiary/aromatic N) is 1. The van der Waals surface area contributed by atoms with Crippen LogP contribution in [-0.2, 0) is 19.1 Å². The first-order chi connectivity index (χ1) is 17.9. The van der Waals surface area contributed by atoms with Gasteiger partial charge in [0.1, 0.15) is 23.2 Å². The molecule has 0 spiro atoms. The molecule has 0 aliphatic carbocycles. The van der Waals surface area contributed by atoms with Gasteiger partial charge in [-0.25, -0.2) is 4.79 Å². The number of carbonyl (C=O) groups is 3. The number of rotatable bonds is 7.